The zero-order chi connectivity index (χ0) is 21.3. The molecule has 0 aliphatic rings. The van der Waals surface area contributed by atoms with Crippen LogP contribution in [0.25, 0.3) is 0 Å². The van der Waals surface area contributed by atoms with Gasteiger partial charge in [0.25, 0.3) is 0 Å². The Kier molecular flexibility index (Phi) is 6.51. The summed E-state index contributed by atoms with van der Waals surface area (Å²) in [5, 5.41) is 17.5. The fourth-order valence-electron chi connectivity index (χ4n) is 3.65. The monoisotopic (exact) mass is 405 g/mol. The van der Waals surface area contributed by atoms with E-state index in [1.54, 1.807) is 12.4 Å². The van der Waals surface area contributed by atoms with Crippen LogP contribution in [0.1, 0.15) is 23.2 Å². The lowest BCUT2D eigenvalue weighted by Gasteiger charge is -2.32. The lowest BCUT2D eigenvalue weighted by atomic mass is 9.85. The quantitative estimate of drug-likeness (QED) is 0.398. The van der Waals surface area contributed by atoms with E-state index in [2.05, 4.69) is 26.7 Å². The Labute approximate surface area is 182 Å². The first-order chi connectivity index (χ1) is 15.3. The lowest BCUT2D eigenvalue weighted by Crippen LogP contribution is -2.30. The van der Waals surface area contributed by atoms with Crippen molar-refractivity contribution in [2.75, 3.05) is 10.6 Å². The SMILES string of the molecule is N#CC(C(Nc1ccccc1)c1cccnc1)C(Nc1ccccc1)c1cccnc1. The van der Waals surface area contributed by atoms with E-state index in [0.717, 1.165) is 22.5 Å². The van der Waals surface area contributed by atoms with E-state index in [0.29, 0.717) is 0 Å². The smallest absolute Gasteiger partial charge is 0.0950 e. The van der Waals surface area contributed by atoms with Gasteiger partial charge in [0.15, 0.2) is 0 Å². The predicted molar refractivity (Wildman–Crippen MR) is 123 cm³/mol. The van der Waals surface area contributed by atoms with Gasteiger partial charge in [-0.15, -0.1) is 0 Å². The molecule has 0 spiro atoms. The molecule has 0 fully saturated rings. The molecule has 2 heterocycles. The van der Waals surface area contributed by atoms with Crippen molar-refractivity contribution in [3.05, 3.63) is 121 Å². The van der Waals surface area contributed by atoms with Crippen LogP contribution in [0, 0.1) is 17.2 Å². The van der Waals surface area contributed by atoms with Crippen LogP contribution in [0.3, 0.4) is 0 Å². The van der Waals surface area contributed by atoms with Crippen LogP contribution >= 0.6 is 0 Å². The van der Waals surface area contributed by atoms with E-state index < -0.39 is 5.92 Å². The van der Waals surface area contributed by atoms with Gasteiger partial charge < -0.3 is 10.6 Å². The molecule has 4 aromatic rings. The largest absolute Gasteiger partial charge is 0.377 e. The van der Waals surface area contributed by atoms with Crippen molar-refractivity contribution in [2.24, 2.45) is 5.92 Å². The number of hydrogen-bond acceptors (Lipinski definition) is 5. The Balaban J connectivity index is 1.76. The molecule has 2 N–H and O–H groups in total. The molecule has 5 heteroatoms. The molecular formula is C26H23N5. The number of rotatable bonds is 8. The molecule has 2 aromatic carbocycles. The third-order valence-electron chi connectivity index (χ3n) is 5.15. The molecule has 31 heavy (non-hydrogen) atoms. The summed E-state index contributed by atoms with van der Waals surface area (Å²) in [7, 11) is 0. The van der Waals surface area contributed by atoms with Gasteiger partial charge in [0, 0.05) is 36.2 Å². The molecule has 0 aliphatic carbocycles. The van der Waals surface area contributed by atoms with Gasteiger partial charge in [-0.25, -0.2) is 0 Å². The second kappa shape index (κ2) is 10.0. The van der Waals surface area contributed by atoms with Crippen LogP contribution in [0.2, 0.25) is 0 Å². The van der Waals surface area contributed by atoms with Crippen molar-refractivity contribution in [2.45, 2.75) is 12.1 Å². The fraction of sp³-hybridized carbons (Fsp3) is 0.115. The Morgan fingerprint density at radius 2 is 1.06 bits per heavy atom. The number of nitrogens with one attached hydrogen (secondary N) is 2. The third kappa shape index (κ3) is 5.06. The average Bonchev–Trinajstić information content (AvgIpc) is 2.85. The molecule has 4 rings (SSSR count). The van der Waals surface area contributed by atoms with Crippen LogP contribution in [0.4, 0.5) is 11.4 Å². The molecule has 0 amide bonds. The average molecular weight is 406 g/mol. The molecule has 2 aromatic heterocycles. The summed E-state index contributed by atoms with van der Waals surface area (Å²) in [4.78, 5) is 8.60. The van der Waals surface area contributed by atoms with Crippen LogP contribution in [-0.4, -0.2) is 9.97 Å². The highest BCUT2D eigenvalue weighted by Gasteiger charge is 2.32. The minimum Gasteiger partial charge on any atom is -0.377 e. The highest BCUT2D eigenvalue weighted by atomic mass is 15.0. The standard InChI is InChI=1S/C26H23N5/c27-17-24(25(20-9-7-15-28-18-20)30-22-11-3-1-4-12-22)26(21-10-8-16-29-19-21)31-23-13-5-2-6-14-23/h1-16,18-19,24-26,30-31H. The van der Waals surface area contributed by atoms with Crippen molar-refractivity contribution >= 4 is 11.4 Å². The van der Waals surface area contributed by atoms with E-state index in [1.165, 1.54) is 0 Å². The van der Waals surface area contributed by atoms with E-state index in [-0.39, 0.29) is 12.1 Å². The maximum absolute atomic E-state index is 10.4. The Hall–Kier alpha value is -4.17. The first kappa shape index (κ1) is 20.1. The third-order valence-corrected chi connectivity index (χ3v) is 5.15. The highest BCUT2D eigenvalue weighted by molar-refractivity contribution is 5.49. The van der Waals surface area contributed by atoms with Gasteiger partial charge in [-0.1, -0.05) is 48.5 Å². The molecule has 152 valence electrons. The highest BCUT2D eigenvalue weighted by Crippen LogP contribution is 2.37. The summed E-state index contributed by atoms with van der Waals surface area (Å²) < 4.78 is 0. The van der Waals surface area contributed by atoms with Crippen LogP contribution in [0.5, 0.6) is 0 Å². The van der Waals surface area contributed by atoms with Crippen LogP contribution < -0.4 is 10.6 Å². The van der Waals surface area contributed by atoms with Gasteiger partial charge in [0.1, 0.15) is 0 Å². The molecule has 0 radical (unpaired) electrons. The minimum absolute atomic E-state index is 0.289. The van der Waals surface area contributed by atoms with Gasteiger partial charge in [-0.2, -0.15) is 5.26 Å². The van der Waals surface area contributed by atoms with Crippen molar-refractivity contribution in [3.63, 3.8) is 0 Å². The molecule has 0 saturated heterocycles. The first-order valence-corrected chi connectivity index (χ1v) is 10.2. The fourth-order valence-corrected chi connectivity index (χ4v) is 3.65. The van der Waals surface area contributed by atoms with Crippen LogP contribution in [-0.2, 0) is 0 Å². The first-order valence-electron chi connectivity index (χ1n) is 10.2. The maximum Gasteiger partial charge on any atom is 0.0950 e. The van der Waals surface area contributed by atoms with E-state index in [1.807, 2.05) is 97.3 Å². The summed E-state index contributed by atoms with van der Waals surface area (Å²) in [6.45, 7) is 0. The second-order valence-corrected chi connectivity index (χ2v) is 7.20. The van der Waals surface area contributed by atoms with Gasteiger partial charge in [0.2, 0.25) is 0 Å². The van der Waals surface area contributed by atoms with E-state index in [9.17, 15) is 5.26 Å². The Bertz CT molecular complexity index is 1010. The molecule has 0 saturated carbocycles. The summed E-state index contributed by atoms with van der Waals surface area (Å²) in [6.07, 6.45) is 7.11. The number of nitrogens with zero attached hydrogens (tertiary/aromatic N) is 3. The van der Waals surface area contributed by atoms with Gasteiger partial charge >= 0.3 is 0 Å². The predicted octanol–water partition coefficient (Wildman–Crippen LogP) is 5.62. The number of anilines is 2. The van der Waals surface area contributed by atoms with Crippen molar-refractivity contribution in [1.82, 2.24) is 9.97 Å². The normalized spacial score (nSPS) is 13.4. The van der Waals surface area contributed by atoms with Gasteiger partial charge in [-0.3, -0.25) is 9.97 Å². The summed E-state index contributed by atoms with van der Waals surface area (Å²) in [6, 6.07) is 29.6. The second-order valence-electron chi connectivity index (χ2n) is 7.20. The Morgan fingerprint density at radius 1 is 0.613 bits per heavy atom. The van der Waals surface area contributed by atoms with E-state index >= 15 is 0 Å². The topological polar surface area (TPSA) is 73.6 Å². The lowest BCUT2D eigenvalue weighted by molar-refractivity contribution is 0.490. The van der Waals surface area contributed by atoms with Crippen molar-refractivity contribution < 1.29 is 0 Å². The molecule has 2 atom stereocenters. The molecule has 0 bridgehead atoms. The Morgan fingerprint density at radius 3 is 1.42 bits per heavy atom. The number of benzene rings is 2. The van der Waals surface area contributed by atoms with Crippen LogP contribution in [0.15, 0.2) is 110 Å². The number of pyridine rings is 2. The number of hydrogen-bond donors (Lipinski definition) is 2. The molecule has 0 aliphatic heterocycles. The molecule has 5 nitrogen and oxygen atoms in total. The number of para-hydroxylation sites is 2. The number of aromatic nitrogens is 2. The minimum atomic E-state index is -0.450. The van der Waals surface area contributed by atoms with Crippen molar-refractivity contribution in [1.29, 1.82) is 5.26 Å². The maximum atomic E-state index is 10.4. The molecular weight excluding hydrogens is 382 g/mol. The zero-order valence-electron chi connectivity index (χ0n) is 17.0. The van der Waals surface area contributed by atoms with Gasteiger partial charge in [0.05, 0.1) is 24.1 Å². The van der Waals surface area contributed by atoms with Crippen molar-refractivity contribution in [3.8, 4) is 6.07 Å². The summed E-state index contributed by atoms with van der Waals surface area (Å²) in [5.41, 5.74) is 3.78. The van der Waals surface area contributed by atoms with E-state index in [4.69, 9.17) is 0 Å². The van der Waals surface area contributed by atoms with Gasteiger partial charge in [-0.05, 0) is 47.5 Å². The zero-order valence-corrected chi connectivity index (χ0v) is 17.0. The summed E-state index contributed by atoms with van der Waals surface area (Å²) >= 11 is 0. The summed E-state index contributed by atoms with van der Waals surface area (Å²) in [5.74, 6) is -0.450. The molecule has 2 unspecified atom stereocenters. The number of nitriles is 1.